The Morgan fingerprint density at radius 2 is 1.15 bits per heavy atom. The Kier molecular flexibility index (Phi) is 15.9. The molecule has 0 radical (unpaired) electrons. The fraction of sp³-hybridized carbons (Fsp3) is 0.889. The Morgan fingerprint density at radius 1 is 0.650 bits per heavy atom. The maximum absolute atomic E-state index is 3.57. The van der Waals surface area contributed by atoms with Crippen LogP contribution in [0.3, 0.4) is 0 Å². The first-order valence-electron chi connectivity index (χ1n) is 9.03. The number of hydrogen-bond acceptors (Lipinski definition) is 2. The molecule has 0 aromatic heterocycles. The van der Waals surface area contributed by atoms with E-state index in [1.807, 2.05) is 0 Å². The van der Waals surface area contributed by atoms with Gasteiger partial charge in [0.05, 0.1) is 5.82 Å². The summed E-state index contributed by atoms with van der Waals surface area (Å²) in [5.74, 6) is 1.27. The highest BCUT2D eigenvalue weighted by molar-refractivity contribution is 4.97. The SMILES string of the molecule is CCCCCCC=C(NCCCCC)NCCCCC. The lowest BCUT2D eigenvalue weighted by Crippen LogP contribution is -2.28. The van der Waals surface area contributed by atoms with Crippen LogP contribution >= 0.6 is 0 Å². The van der Waals surface area contributed by atoms with Gasteiger partial charge in [0.25, 0.3) is 0 Å². The Labute approximate surface area is 127 Å². The summed E-state index contributed by atoms with van der Waals surface area (Å²) in [5.41, 5.74) is 0. The van der Waals surface area contributed by atoms with Gasteiger partial charge in [-0.05, 0) is 31.8 Å². The zero-order valence-corrected chi connectivity index (χ0v) is 14.3. The topological polar surface area (TPSA) is 24.1 Å². The van der Waals surface area contributed by atoms with E-state index in [0.717, 1.165) is 13.1 Å². The van der Waals surface area contributed by atoms with Gasteiger partial charge in [-0.2, -0.15) is 0 Å². The smallest absolute Gasteiger partial charge is 0.0945 e. The quantitative estimate of drug-likeness (QED) is 0.395. The second-order valence-corrected chi connectivity index (χ2v) is 5.73. The normalized spacial score (nSPS) is 10.3. The average Bonchev–Trinajstić information content (AvgIpc) is 2.47. The molecule has 20 heavy (non-hydrogen) atoms. The molecule has 0 atom stereocenters. The zero-order valence-electron chi connectivity index (χ0n) is 14.3. The fourth-order valence-electron chi connectivity index (χ4n) is 2.22. The van der Waals surface area contributed by atoms with E-state index < -0.39 is 0 Å². The molecule has 0 saturated heterocycles. The minimum Gasteiger partial charge on any atom is -0.372 e. The lowest BCUT2D eigenvalue weighted by Gasteiger charge is -2.14. The molecule has 0 rings (SSSR count). The average molecular weight is 283 g/mol. The molecule has 0 saturated carbocycles. The summed E-state index contributed by atoms with van der Waals surface area (Å²) >= 11 is 0. The van der Waals surface area contributed by atoms with Crippen molar-refractivity contribution in [2.75, 3.05) is 13.1 Å². The molecule has 0 amide bonds. The molecule has 0 aliphatic carbocycles. The van der Waals surface area contributed by atoms with Crippen LogP contribution in [-0.4, -0.2) is 13.1 Å². The van der Waals surface area contributed by atoms with Gasteiger partial charge in [0.1, 0.15) is 0 Å². The minimum atomic E-state index is 1.11. The molecule has 0 aliphatic heterocycles. The third-order valence-electron chi connectivity index (χ3n) is 3.60. The molecule has 0 fully saturated rings. The van der Waals surface area contributed by atoms with Crippen LogP contribution in [0.5, 0.6) is 0 Å². The molecule has 0 bridgehead atoms. The van der Waals surface area contributed by atoms with Crippen molar-refractivity contribution in [1.82, 2.24) is 10.6 Å². The Morgan fingerprint density at radius 3 is 1.65 bits per heavy atom. The van der Waals surface area contributed by atoms with E-state index in [0.29, 0.717) is 0 Å². The maximum Gasteiger partial charge on any atom is 0.0945 e. The summed E-state index contributed by atoms with van der Waals surface area (Å²) in [6.07, 6.45) is 16.8. The van der Waals surface area contributed by atoms with E-state index >= 15 is 0 Å². The van der Waals surface area contributed by atoms with E-state index in [-0.39, 0.29) is 0 Å². The summed E-state index contributed by atoms with van der Waals surface area (Å²) in [5, 5.41) is 7.14. The van der Waals surface area contributed by atoms with Gasteiger partial charge in [-0.1, -0.05) is 65.7 Å². The second-order valence-electron chi connectivity index (χ2n) is 5.73. The monoisotopic (exact) mass is 282 g/mol. The van der Waals surface area contributed by atoms with Gasteiger partial charge in [0, 0.05) is 13.1 Å². The lowest BCUT2D eigenvalue weighted by molar-refractivity contribution is 0.596. The van der Waals surface area contributed by atoms with Gasteiger partial charge in [0.2, 0.25) is 0 Å². The van der Waals surface area contributed by atoms with E-state index in [4.69, 9.17) is 0 Å². The van der Waals surface area contributed by atoms with Crippen LogP contribution in [-0.2, 0) is 0 Å². The summed E-state index contributed by atoms with van der Waals surface area (Å²) in [7, 11) is 0. The van der Waals surface area contributed by atoms with Crippen molar-refractivity contribution in [3.8, 4) is 0 Å². The van der Waals surface area contributed by atoms with Crippen LogP contribution in [0.4, 0.5) is 0 Å². The number of hydrogen-bond donors (Lipinski definition) is 2. The van der Waals surface area contributed by atoms with Crippen molar-refractivity contribution in [2.24, 2.45) is 0 Å². The van der Waals surface area contributed by atoms with Gasteiger partial charge in [-0.15, -0.1) is 0 Å². The highest BCUT2D eigenvalue weighted by atomic mass is 15.1. The van der Waals surface area contributed by atoms with E-state index in [9.17, 15) is 0 Å². The Balaban J connectivity index is 3.86. The molecule has 120 valence electrons. The lowest BCUT2D eigenvalue weighted by atomic mass is 10.1. The zero-order chi connectivity index (χ0) is 14.9. The number of rotatable bonds is 15. The number of unbranched alkanes of at least 4 members (excludes halogenated alkanes) is 8. The Hall–Kier alpha value is -0.660. The van der Waals surface area contributed by atoms with Crippen molar-refractivity contribution in [3.05, 3.63) is 11.9 Å². The molecular formula is C18H38N2. The van der Waals surface area contributed by atoms with Gasteiger partial charge < -0.3 is 10.6 Å². The molecule has 0 spiro atoms. The highest BCUT2D eigenvalue weighted by Crippen LogP contribution is 2.04. The molecule has 2 heteroatoms. The van der Waals surface area contributed by atoms with E-state index in [1.165, 1.54) is 76.5 Å². The van der Waals surface area contributed by atoms with Crippen LogP contribution < -0.4 is 10.6 Å². The van der Waals surface area contributed by atoms with Crippen molar-refractivity contribution in [1.29, 1.82) is 0 Å². The minimum absolute atomic E-state index is 1.11. The molecule has 2 nitrogen and oxygen atoms in total. The molecule has 0 aromatic carbocycles. The van der Waals surface area contributed by atoms with Gasteiger partial charge in [-0.25, -0.2) is 0 Å². The molecule has 0 aromatic rings. The van der Waals surface area contributed by atoms with Gasteiger partial charge in [0.15, 0.2) is 0 Å². The second kappa shape index (κ2) is 16.4. The highest BCUT2D eigenvalue weighted by Gasteiger charge is 1.96. The third-order valence-corrected chi connectivity index (χ3v) is 3.60. The van der Waals surface area contributed by atoms with E-state index in [1.54, 1.807) is 0 Å². The summed E-state index contributed by atoms with van der Waals surface area (Å²) in [6.45, 7) is 9.00. The predicted octanol–water partition coefficient (Wildman–Crippen LogP) is 5.36. The fourth-order valence-corrected chi connectivity index (χ4v) is 2.22. The molecule has 0 aliphatic rings. The maximum atomic E-state index is 3.57. The first-order chi connectivity index (χ1) is 9.85. The first kappa shape index (κ1) is 19.3. The van der Waals surface area contributed by atoms with Crippen LogP contribution in [0.25, 0.3) is 0 Å². The molecule has 0 unspecified atom stereocenters. The molecule has 2 N–H and O–H groups in total. The van der Waals surface area contributed by atoms with Crippen molar-refractivity contribution in [2.45, 2.75) is 91.4 Å². The van der Waals surface area contributed by atoms with Crippen molar-refractivity contribution >= 4 is 0 Å². The van der Waals surface area contributed by atoms with Gasteiger partial charge >= 0.3 is 0 Å². The first-order valence-corrected chi connectivity index (χ1v) is 9.03. The third kappa shape index (κ3) is 13.8. The number of allylic oxidation sites excluding steroid dienone is 1. The summed E-state index contributed by atoms with van der Waals surface area (Å²) < 4.78 is 0. The van der Waals surface area contributed by atoms with Crippen LogP contribution in [0.1, 0.15) is 91.4 Å². The predicted molar refractivity (Wildman–Crippen MR) is 91.9 cm³/mol. The largest absolute Gasteiger partial charge is 0.372 e. The van der Waals surface area contributed by atoms with Crippen LogP contribution in [0.2, 0.25) is 0 Å². The van der Waals surface area contributed by atoms with Crippen molar-refractivity contribution in [3.63, 3.8) is 0 Å². The summed E-state index contributed by atoms with van der Waals surface area (Å²) in [6, 6.07) is 0. The molecular weight excluding hydrogens is 244 g/mol. The van der Waals surface area contributed by atoms with Gasteiger partial charge in [-0.3, -0.25) is 0 Å². The van der Waals surface area contributed by atoms with E-state index in [2.05, 4.69) is 37.5 Å². The Bertz CT molecular complexity index is 197. The standard InChI is InChI=1S/C18H38N2/c1-4-7-10-11-12-15-18(19-16-13-8-5-2)20-17-14-9-6-3/h15,19-20H,4-14,16-17H2,1-3H3. The summed E-state index contributed by atoms with van der Waals surface area (Å²) in [4.78, 5) is 0. The van der Waals surface area contributed by atoms with Crippen LogP contribution in [0, 0.1) is 0 Å². The molecule has 0 heterocycles. The number of nitrogens with one attached hydrogen (secondary N) is 2. The van der Waals surface area contributed by atoms with Crippen molar-refractivity contribution < 1.29 is 0 Å². The van der Waals surface area contributed by atoms with Crippen LogP contribution in [0.15, 0.2) is 11.9 Å².